The minimum absolute atomic E-state index is 0.0864. The smallest absolute Gasteiger partial charge is 0.320 e. The normalized spacial score (nSPS) is 19.6. The Labute approximate surface area is 223 Å². The number of aromatic amines is 1. The Morgan fingerprint density at radius 1 is 1.10 bits per heavy atom. The van der Waals surface area contributed by atoms with Crippen molar-refractivity contribution in [3.8, 4) is 0 Å². The van der Waals surface area contributed by atoms with Crippen molar-refractivity contribution in [2.24, 2.45) is 0 Å². The van der Waals surface area contributed by atoms with Crippen LogP contribution in [0.3, 0.4) is 0 Å². The maximum Gasteiger partial charge on any atom is 0.320 e. The quantitative estimate of drug-likeness (QED) is 0.536. The molecule has 5 rings (SSSR count). The molecule has 0 saturated carbocycles. The number of halogens is 3. The maximum atomic E-state index is 15.6. The Balaban J connectivity index is 1.47. The molecule has 1 aromatic carbocycles. The molecule has 0 aliphatic carbocycles. The summed E-state index contributed by atoms with van der Waals surface area (Å²) in [7, 11) is 0. The second-order valence-electron chi connectivity index (χ2n) is 10.2. The SMILES string of the molecule is C[C@@H]1CN(c2cc(F)c(C3=CCN(C(=O)N4CCCC4)C3)cc2NC(=O)c2c[nH]c(=O)cc2C(F)F)CCN1. The van der Waals surface area contributed by atoms with Crippen LogP contribution < -0.4 is 21.1 Å². The molecule has 1 atom stereocenters. The van der Waals surface area contributed by atoms with Crippen molar-refractivity contribution in [1.82, 2.24) is 20.1 Å². The van der Waals surface area contributed by atoms with Gasteiger partial charge in [0.05, 0.1) is 16.9 Å². The van der Waals surface area contributed by atoms with Gasteiger partial charge in [0.2, 0.25) is 5.56 Å². The molecule has 0 spiro atoms. The second kappa shape index (κ2) is 11.1. The van der Waals surface area contributed by atoms with E-state index in [4.69, 9.17) is 0 Å². The molecule has 1 aromatic heterocycles. The number of nitrogens with zero attached hydrogens (tertiary/aromatic N) is 3. The average molecular weight is 545 g/mol. The zero-order valence-corrected chi connectivity index (χ0v) is 21.6. The largest absolute Gasteiger partial charge is 0.367 e. The lowest BCUT2D eigenvalue weighted by Crippen LogP contribution is -2.49. The van der Waals surface area contributed by atoms with Gasteiger partial charge in [-0.15, -0.1) is 0 Å². The van der Waals surface area contributed by atoms with E-state index in [1.54, 1.807) is 15.9 Å². The van der Waals surface area contributed by atoms with Gasteiger partial charge < -0.3 is 30.3 Å². The van der Waals surface area contributed by atoms with Gasteiger partial charge in [-0.05, 0) is 37.5 Å². The summed E-state index contributed by atoms with van der Waals surface area (Å²) < 4.78 is 42.8. The van der Waals surface area contributed by atoms with Gasteiger partial charge in [0.15, 0.2) is 0 Å². The topological polar surface area (TPSA) is 101 Å². The van der Waals surface area contributed by atoms with Gasteiger partial charge in [-0.3, -0.25) is 9.59 Å². The lowest BCUT2D eigenvalue weighted by molar-refractivity contribution is 0.101. The third-order valence-corrected chi connectivity index (χ3v) is 7.39. The molecule has 208 valence electrons. The number of carbonyl (C=O) groups excluding carboxylic acids is 2. The van der Waals surface area contributed by atoms with Gasteiger partial charge in [-0.2, -0.15) is 0 Å². The molecule has 3 amide bonds. The van der Waals surface area contributed by atoms with Gasteiger partial charge in [0.1, 0.15) is 5.82 Å². The van der Waals surface area contributed by atoms with E-state index < -0.39 is 29.3 Å². The first kappa shape index (κ1) is 26.8. The monoisotopic (exact) mass is 544 g/mol. The first-order chi connectivity index (χ1) is 18.7. The van der Waals surface area contributed by atoms with Crippen molar-refractivity contribution in [2.45, 2.75) is 32.2 Å². The van der Waals surface area contributed by atoms with Crippen molar-refractivity contribution in [1.29, 1.82) is 0 Å². The van der Waals surface area contributed by atoms with Crippen molar-refractivity contribution < 1.29 is 22.8 Å². The third kappa shape index (κ3) is 5.65. The van der Waals surface area contributed by atoms with Gasteiger partial charge in [0.25, 0.3) is 12.3 Å². The fourth-order valence-electron chi connectivity index (χ4n) is 5.38. The minimum atomic E-state index is -3.03. The van der Waals surface area contributed by atoms with Gasteiger partial charge in [-0.1, -0.05) is 6.08 Å². The first-order valence-electron chi connectivity index (χ1n) is 13.1. The highest BCUT2D eigenvalue weighted by atomic mass is 19.3. The number of carbonyl (C=O) groups is 2. The van der Waals surface area contributed by atoms with Crippen molar-refractivity contribution in [3.63, 3.8) is 0 Å². The van der Waals surface area contributed by atoms with Crippen LogP contribution in [0, 0.1) is 5.82 Å². The fraction of sp³-hybridized carbons (Fsp3) is 0.444. The van der Waals surface area contributed by atoms with E-state index in [1.807, 2.05) is 11.8 Å². The Hall–Kier alpha value is -3.80. The fourth-order valence-corrected chi connectivity index (χ4v) is 5.38. The molecule has 3 aliphatic rings. The molecule has 2 saturated heterocycles. The molecule has 3 aliphatic heterocycles. The van der Waals surface area contributed by atoms with E-state index in [2.05, 4.69) is 15.6 Å². The average Bonchev–Trinajstić information content (AvgIpc) is 3.62. The Kier molecular flexibility index (Phi) is 7.65. The summed E-state index contributed by atoms with van der Waals surface area (Å²) in [5, 5.41) is 6.00. The summed E-state index contributed by atoms with van der Waals surface area (Å²) in [6.45, 7) is 5.71. The predicted octanol–water partition coefficient (Wildman–Crippen LogP) is 3.42. The molecule has 39 heavy (non-hydrogen) atoms. The van der Waals surface area contributed by atoms with Crippen LogP contribution in [0.5, 0.6) is 0 Å². The van der Waals surface area contributed by atoms with Crippen LogP contribution in [0.2, 0.25) is 0 Å². The number of hydrogen-bond acceptors (Lipinski definition) is 5. The number of alkyl halides is 2. The summed E-state index contributed by atoms with van der Waals surface area (Å²) in [6.07, 6.45) is 1.64. The number of hydrogen-bond donors (Lipinski definition) is 3. The van der Waals surface area contributed by atoms with Crippen molar-refractivity contribution in [3.05, 3.63) is 63.3 Å². The highest BCUT2D eigenvalue weighted by Crippen LogP contribution is 2.35. The molecular formula is C27H31F3N6O3. The minimum Gasteiger partial charge on any atom is -0.367 e. The molecule has 0 radical (unpaired) electrons. The van der Waals surface area contributed by atoms with E-state index in [9.17, 15) is 23.2 Å². The molecule has 4 heterocycles. The highest BCUT2D eigenvalue weighted by Gasteiger charge is 2.29. The molecular weight excluding hydrogens is 513 g/mol. The number of H-pyrrole nitrogens is 1. The zero-order chi connectivity index (χ0) is 27.7. The first-order valence-corrected chi connectivity index (χ1v) is 13.1. The van der Waals surface area contributed by atoms with E-state index in [-0.39, 0.29) is 35.4 Å². The number of rotatable bonds is 5. The number of pyridine rings is 1. The number of nitrogens with one attached hydrogen (secondary N) is 3. The molecule has 9 nitrogen and oxygen atoms in total. The van der Waals surface area contributed by atoms with Crippen LogP contribution in [0.25, 0.3) is 5.57 Å². The number of likely N-dealkylation sites (tertiary alicyclic amines) is 1. The van der Waals surface area contributed by atoms with Crippen LogP contribution in [0.15, 0.2) is 35.3 Å². The Morgan fingerprint density at radius 3 is 2.59 bits per heavy atom. The highest BCUT2D eigenvalue weighted by molar-refractivity contribution is 6.07. The number of amides is 3. The molecule has 12 heteroatoms. The van der Waals surface area contributed by atoms with Crippen LogP contribution in [0.4, 0.5) is 29.3 Å². The maximum absolute atomic E-state index is 15.6. The van der Waals surface area contributed by atoms with Gasteiger partial charge >= 0.3 is 6.03 Å². The lowest BCUT2D eigenvalue weighted by atomic mass is 10.0. The van der Waals surface area contributed by atoms with E-state index in [1.165, 1.54) is 12.1 Å². The van der Waals surface area contributed by atoms with Crippen molar-refractivity contribution >= 4 is 28.9 Å². The molecule has 0 unspecified atom stereocenters. The molecule has 2 fully saturated rings. The van der Waals surface area contributed by atoms with Crippen LogP contribution in [0.1, 0.15) is 47.7 Å². The summed E-state index contributed by atoms with van der Waals surface area (Å²) in [4.78, 5) is 45.3. The number of benzene rings is 1. The standard InChI is InChI=1S/C27H31F3N6O3/c1-16-14-35(9-5-31-16)23-12-21(28)18(17-4-8-36(15-17)27(39)34-6-2-3-7-34)10-22(23)33-26(38)20-13-32-24(37)11-19(20)25(29)30/h4,10-13,16,25,31H,2-3,5-9,14-15H2,1H3,(H,32,37)(H,33,38)/t16-/m1/s1. The van der Waals surface area contributed by atoms with Crippen LogP contribution in [-0.2, 0) is 0 Å². The summed E-state index contributed by atoms with van der Waals surface area (Å²) in [5.74, 6) is -1.36. The Morgan fingerprint density at radius 2 is 1.87 bits per heavy atom. The van der Waals surface area contributed by atoms with Crippen LogP contribution >= 0.6 is 0 Å². The summed E-state index contributed by atoms with van der Waals surface area (Å²) >= 11 is 0. The second-order valence-corrected chi connectivity index (χ2v) is 10.2. The third-order valence-electron chi connectivity index (χ3n) is 7.39. The lowest BCUT2D eigenvalue weighted by Gasteiger charge is -2.35. The van der Waals surface area contributed by atoms with Gasteiger partial charge in [0, 0.05) is 75.2 Å². The number of urea groups is 1. The Bertz CT molecular complexity index is 1350. The number of anilines is 2. The van der Waals surface area contributed by atoms with E-state index >= 15 is 4.39 Å². The number of aromatic nitrogens is 1. The molecule has 3 N–H and O–H groups in total. The van der Waals surface area contributed by atoms with Crippen molar-refractivity contribution in [2.75, 3.05) is 56.0 Å². The zero-order valence-electron chi connectivity index (χ0n) is 21.6. The molecule has 2 aromatic rings. The number of piperazine rings is 1. The van der Waals surface area contributed by atoms with E-state index in [0.29, 0.717) is 56.6 Å². The summed E-state index contributed by atoms with van der Waals surface area (Å²) in [6, 6.07) is 3.56. The van der Waals surface area contributed by atoms with Gasteiger partial charge in [-0.25, -0.2) is 18.0 Å². The predicted molar refractivity (Wildman–Crippen MR) is 142 cm³/mol. The summed E-state index contributed by atoms with van der Waals surface area (Å²) in [5.41, 5.74) is -0.310. The van der Waals surface area contributed by atoms with Crippen LogP contribution in [-0.4, -0.2) is 78.6 Å². The van der Waals surface area contributed by atoms with E-state index in [0.717, 1.165) is 19.0 Å². The molecule has 0 bridgehead atoms.